The monoisotopic (exact) mass is 758 g/mol. The van der Waals surface area contributed by atoms with Gasteiger partial charge in [-0.05, 0) is 55.7 Å². The maximum atomic E-state index is 13.0. The molecule has 2 N–H and O–H groups in total. The van der Waals surface area contributed by atoms with Crippen molar-refractivity contribution in [2.24, 2.45) is 0 Å². The van der Waals surface area contributed by atoms with Crippen LogP contribution in [0.2, 0.25) is 0 Å². The number of hydrogen-bond acceptors (Lipinski definition) is 8. The number of benzene rings is 3. The van der Waals surface area contributed by atoms with Crippen LogP contribution in [0.15, 0.2) is 91.0 Å². The van der Waals surface area contributed by atoms with E-state index < -0.39 is 37.2 Å². The van der Waals surface area contributed by atoms with Crippen LogP contribution in [0.1, 0.15) is 44.9 Å². The van der Waals surface area contributed by atoms with Crippen LogP contribution < -0.4 is 43.5 Å². The number of thiol groups is 1. The van der Waals surface area contributed by atoms with E-state index >= 15 is 0 Å². The number of carbonyl (C=O) groups excluding carboxylic acids is 5. The second kappa shape index (κ2) is 21.4. The minimum absolute atomic E-state index is 0. The number of methoxy groups -OCH3 is 2. The summed E-state index contributed by atoms with van der Waals surface area (Å²) in [6.45, 7) is 0. The van der Waals surface area contributed by atoms with Crippen LogP contribution in [0.5, 0.6) is 0 Å². The van der Waals surface area contributed by atoms with Gasteiger partial charge in [0.25, 0.3) is 0 Å². The predicted octanol–water partition coefficient (Wildman–Crippen LogP) is 0.530. The first kappa shape index (κ1) is 40.6. The molecule has 12 heteroatoms. The van der Waals surface area contributed by atoms with Crippen molar-refractivity contribution in [3.63, 3.8) is 0 Å². The number of esters is 2. The highest BCUT2D eigenvalue weighted by atomic mass is 79.9. The van der Waals surface area contributed by atoms with E-state index in [2.05, 4.69) is 101 Å². The molecule has 48 heavy (non-hydrogen) atoms. The number of Topliss-reactive ketones (excluding diaryl/α,β-unsaturated/α-hetero) is 1. The lowest BCUT2D eigenvalue weighted by Gasteiger charge is -2.27. The molecule has 3 aromatic carbocycles. The molecule has 3 aromatic rings. The molecule has 0 aromatic heterocycles. The minimum atomic E-state index is -2.02. The molecule has 2 atom stereocenters. The summed E-state index contributed by atoms with van der Waals surface area (Å²) in [5.74, 6) is -2.28. The Balaban J connectivity index is 0.00000800. The van der Waals surface area contributed by atoms with E-state index in [4.69, 9.17) is 4.74 Å². The van der Waals surface area contributed by atoms with E-state index in [-0.39, 0.29) is 66.5 Å². The minimum Gasteiger partial charge on any atom is -1.00 e. The van der Waals surface area contributed by atoms with Crippen LogP contribution in [0.3, 0.4) is 0 Å². The molecule has 0 aliphatic carbocycles. The first-order valence-electron chi connectivity index (χ1n) is 15.7. The predicted molar refractivity (Wildman–Crippen MR) is 189 cm³/mol. The SMILES string of the molecule is COC(=O)CCC(=O)C(CS)NC(=O)CCC(NC(=O)CCCC[P+](c1ccccc1)(c1ccccc1)c1ccccc1)C(=O)OC.[Br-]. The lowest BCUT2D eigenvalue weighted by Crippen LogP contribution is -3.00. The van der Waals surface area contributed by atoms with E-state index in [0.29, 0.717) is 6.42 Å². The van der Waals surface area contributed by atoms with E-state index in [1.807, 2.05) is 18.2 Å². The summed E-state index contributed by atoms with van der Waals surface area (Å²) < 4.78 is 9.43. The van der Waals surface area contributed by atoms with Crippen molar-refractivity contribution in [1.82, 2.24) is 10.6 Å². The number of nitrogens with one attached hydrogen (secondary N) is 2. The first-order valence-corrected chi connectivity index (χ1v) is 18.3. The Kier molecular flexibility index (Phi) is 18.2. The number of ether oxygens (including phenoxy) is 2. The third kappa shape index (κ3) is 11.9. The molecule has 9 nitrogen and oxygen atoms in total. The van der Waals surface area contributed by atoms with Gasteiger partial charge in [-0.25, -0.2) is 4.79 Å². The quantitative estimate of drug-likeness (QED) is 0.0705. The zero-order valence-electron chi connectivity index (χ0n) is 27.3. The molecular weight excluding hydrogens is 715 g/mol. The number of unbranched alkanes of at least 4 members (excludes halogenated alkanes) is 1. The fourth-order valence-electron chi connectivity index (χ4n) is 5.45. The Bertz CT molecular complexity index is 1370. The molecule has 2 unspecified atom stereocenters. The van der Waals surface area contributed by atoms with Crippen LogP contribution in [0.4, 0.5) is 0 Å². The van der Waals surface area contributed by atoms with Gasteiger partial charge >= 0.3 is 11.9 Å². The number of hydrogen-bond donors (Lipinski definition) is 3. The molecule has 0 fully saturated rings. The van der Waals surface area contributed by atoms with Crippen LogP contribution in [0.25, 0.3) is 0 Å². The molecule has 0 heterocycles. The van der Waals surface area contributed by atoms with Crippen molar-refractivity contribution >= 4 is 65.3 Å². The van der Waals surface area contributed by atoms with Crippen LogP contribution >= 0.6 is 19.9 Å². The van der Waals surface area contributed by atoms with Crippen molar-refractivity contribution in [1.29, 1.82) is 0 Å². The summed E-state index contributed by atoms with van der Waals surface area (Å²) in [6.07, 6.45) is 2.12. The van der Waals surface area contributed by atoms with Crippen molar-refractivity contribution in [3.05, 3.63) is 91.0 Å². The number of rotatable bonds is 19. The highest BCUT2D eigenvalue weighted by molar-refractivity contribution is 7.95. The smallest absolute Gasteiger partial charge is 0.328 e. The van der Waals surface area contributed by atoms with Gasteiger partial charge in [-0.1, -0.05) is 54.6 Å². The van der Waals surface area contributed by atoms with Gasteiger partial charge in [0.15, 0.2) is 5.78 Å². The van der Waals surface area contributed by atoms with Gasteiger partial charge in [-0.15, -0.1) is 0 Å². The van der Waals surface area contributed by atoms with E-state index in [9.17, 15) is 24.0 Å². The van der Waals surface area contributed by atoms with Gasteiger partial charge in [0.1, 0.15) is 29.2 Å². The normalized spacial score (nSPS) is 12.1. The number of ketones is 1. The van der Waals surface area contributed by atoms with Crippen LogP contribution in [-0.2, 0) is 33.4 Å². The lowest BCUT2D eigenvalue weighted by molar-refractivity contribution is -0.145. The Morgan fingerprint density at radius 3 is 1.58 bits per heavy atom. The third-order valence-corrected chi connectivity index (χ3v) is 12.8. The average molecular weight is 760 g/mol. The van der Waals surface area contributed by atoms with Crippen molar-refractivity contribution in [2.45, 2.75) is 57.0 Å². The molecule has 0 aliphatic heterocycles. The zero-order chi connectivity index (χ0) is 34.1. The molecule has 0 spiro atoms. The van der Waals surface area contributed by atoms with Crippen molar-refractivity contribution in [3.8, 4) is 0 Å². The molecule has 0 radical (unpaired) electrons. The van der Waals surface area contributed by atoms with E-state index in [0.717, 1.165) is 12.6 Å². The molecule has 2 amide bonds. The highest BCUT2D eigenvalue weighted by Crippen LogP contribution is 2.55. The summed E-state index contributed by atoms with van der Waals surface area (Å²) in [5.41, 5.74) is 0. The number of amides is 2. The van der Waals surface area contributed by atoms with Gasteiger partial charge in [-0.3, -0.25) is 19.2 Å². The summed E-state index contributed by atoms with van der Waals surface area (Å²) >= 11 is 4.14. The van der Waals surface area contributed by atoms with Crippen LogP contribution in [-0.4, -0.2) is 67.8 Å². The van der Waals surface area contributed by atoms with Gasteiger partial charge in [0, 0.05) is 25.0 Å². The van der Waals surface area contributed by atoms with Crippen LogP contribution in [0, 0.1) is 0 Å². The van der Waals surface area contributed by atoms with Crippen molar-refractivity contribution in [2.75, 3.05) is 26.1 Å². The molecule has 0 bridgehead atoms. The maximum absolute atomic E-state index is 13.0. The fourth-order valence-corrected chi connectivity index (χ4v) is 10.2. The second-order valence-electron chi connectivity index (χ2n) is 11.0. The lowest BCUT2D eigenvalue weighted by atomic mass is 10.1. The van der Waals surface area contributed by atoms with Gasteiger partial charge < -0.3 is 37.1 Å². The fraction of sp³-hybridized carbons (Fsp3) is 0.361. The second-order valence-corrected chi connectivity index (χ2v) is 15.0. The number of carbonyl (C=O) groups is 5. The topological polar surface area (TPSA) is 128 Å². The number of halogens is 1. The first-order chi connectivity index (χ1) is 22.7. The largest absolute Gasteiger partial charge is 1.00 e. The standard InChI is InChI=1S/C36H43N2O7PS.BrH/c1-44-35(42)24-22-32(39)31(26-47)38-34(41)23-21-30(36(43)45-2)37-33(40)20-12-13-25-46(27-14-6-3-7-15-27,28-16-8-4-9-17-28)29-18-10-5-11-19-29;/h3-11,14-19,30-31H,12-13,20-26H2,1-2H3,(H2-,37,38,40,41,47);1H. The molecule has 258 valence electrons. The summed E-state index contributed by atoms with van der Waals surface area (Å²) in [6, 6.07) is 29.7. The maximum Gasteiger partial charge on any atom is 0.328 e. The van der Waals surface area contributed by atoms with Gasteiger partial charge in [0.05, 0.1) is 32.8 Å². The Morgan fingerprint density at radius 1 is 0.646 bits per heavy atom. The van der Waals surface area contributed by atoms with Gasteiger partial charge in [0.2, 0.25) is 11.8 Å². The molecule has 0 aliphatic rings. The van der Waals surface area contributed by atoms with E-state index in [1.54, 1.807) is 0 Å². The average Bonchev–Trinajstić information content (AvgIpc) is 3.12. The third-order valence-electron chi connectivity index (χ3n) is 7.93. The molecule has 3 rings (SSSR count). The van der Waals surface area contributed by atoms with E-state index in [1.165, 1.54) is 30.1 Å². The summed E-state index contributed by atoms with van der Waals surface area (Å²) in [4.78, 5) is 61.9. The molecule has 0 saturated heterocycles. The van der Waals surface area contributed by atoms with Gasteiger partial charge in [-0.2, -0.15) is 12.6 Å². The zero-order valence-corrected chi connectivity index (χ0v) is 30.7. The molecular formula is C36H44BrN2O7PS. The Hall–Kier alpha value is -3.53. The highest BCUT2D eigenvalue weighted by Gasteiger charge is 2.44. The summed E-state index contributed by atoms with van der Waals surface area (Å²) in [5, 5.41) is 9.14. The summed E-state index contributed by atoms with van der Waals surface area (Å²) in [7, 11) is 0.435. The Labute approximate surface area is 299 Å². The Morgan fingerprint density at radius 2 is 1.12 bits per heavy atom. The molecule has 0 saturated carbocycles. The van der Waals surface area contributed by atoms with Crippen molar-refractivity contribution < 1.29 is 50.4 Å².